The molecule has 0 saturated heterocycles. The molecule has 2 heterocycles. The van der Waals surface area contributed by atoms with Crippen molar-refractivity contribution >= 4 is 23.1 Å². The van der Waals surface area contributed by atoms with Gasteiger partial charge in [-0.15, -0.1) is 0 Å². The zero-order valence-electron chi connectivity index (χ0n) is 14.3. The summed E-state index contributed by atoms with van der Waals surface area (Å²) in [5, 5.41) is 8.51. The molecule has 1 aromatic carbocycles. The average Bonchev–Trinajstić information content (AvgIpc) is 2.95. The number of nitrogens with one attached hydrogen (secondary N) is 1. The van der Waals surface area contributed by atoms with Crippen LogP contribution < -0.4 is 5.32 Å². The second-order valence-electron chi connectivity index (χ2n) is 6.92. The fraction of sp³-hybridized carbons (Fsp3) is 0.368. The summed E-state index contributed by atoms with van der Waals surface area (Å²) in [7, 11) is 0. The molecule has 3 aromatic rings. The molecule has 4 nitrogen and oxygen atoms in total. The molecule has 2 aromatic heterocycles. The molecule has 7 heteroatoms. The van der Waals surface area contributed by atoms with E-state index in [1.54, 1.807) is 4.52 Å². The quantitative estimate of drug-likeness (QED) is 0.702. The van der Waals surface area contributed by atoms with Gasteiger partial charge in [0.25, 0.3) is 5.92 Å². The van der Waals surface area contributed by atoms with E-state index in [0.717, 1.165) is 34.9 Å². The molecule has 4 rings (SSSR count). The molecule has 0 aliphatic heterocycles. The number of hydrogen-bond donors (Lipinski definition) is 1. The summed E-state index contributed by atoms with van der Waals surface area (Å²) >= 11 is 5.91. The van der Waals surface area contributed by atoms with Crippen LogP contribution in [-0.2, 0) is 12.8 Å². The third kappa shape index (κ3) is 3.65. The second-order valence-corrected chi connectivity index (χ2v) is 7.36. The van der Waals surface area contributed by atoms with Crippen LogP contribution >= 0.6 is 11.6 Å². The Bertz CT molecular complexity index is 929. The first-order valence-electron chi connectivity index (χ1n) is 8.63. The van der Waals surface area contributed by atoms with Crippen LogP contribution in [0.3, 0.4) is 0 Å². The minimum atomic E-state index is -2.55. The number of aromatic nitrogens is 3. The van der Waals surface area contributed by atoms with Gasteiger partial charge in [0, 0.05) is 41.7 Å². The molecule has 0 unspecified atom stereocenters. The van der Waals surface area contributed by atoms with Gasteiger partial charge in [0.1, 0.15) is 5.82 Å². The van der Waals surface area contributed by atoms with Gasteiger partial charge in [0.2, 0.25) is 0 Å². The number of alkyl halides is 2. The highest BCUT2D eigenvalue weighted by Crippen LogP contribution is 2.39. The predicted molar refractivity (Wildman–Crippen MR) is 98.2 cm³/mol. The summed E-state index contributed by atoms with van der Waals surface area (Å²) in [4.78, 5) is 4.50. The largest absolute Gasteiger partial charge is 0.367 e. The number of nitrogens with zero attached hydrogens (tertiary/aromatic N) is 3. The van der Waals surface area contributed by atoms with Crippen molar-refractivity contribution in [3.8, 4) is 0 Å². The van der Waals surface area contributed by atoms with Crippen molar-refractivity contribution < 1.29 is 8.78 Å². The Morgan fingerprint density at radius 1 is 1.19 bits per heavy atom. The Balaban J connectivity index is 1.52. The zero-order valence-corrected chi connectivity index (χ0v) is 15.1. The van der Waals surface area contributed by atoms with Gasteiger partial charge < -0.3 is 5.32 Å². The summed E-state index contributed by atoms with van der Waals surface area (Å²) in [6.07, 6.45) is 1.34. The highest BCUT2D eigenvalue weighted by Gasteiger charge is 2.45. The lowest BCUT2D eigenvalue weighted by atomic mass is 9.88. The van der Waals surface area contributed by atoms with Crippen molar-refractivity contribution in [3.63, 3.8) is 0 Å². The molecule has 0 atom stereocenters. The Morgan fingerprint density at radius 2 is 1.92 bits per heavy atom. The van der Waals surface area contributed by atoms with Crippen molar-refractivity contribution in [1.82, 2.24) is 14.6 Å². The van der Waals surface area contributed by atoms with E-state index in [1.165, 1.54) is 5.56 Å². The molecule has 1 saturated carbocycles. The summed E-state index contributed by atoms with van der Waals surface area (Å²) in [6.45, 7) is 1.89. The number of benzene rings is 1. The first-order valence-corrected chi connectivity index (χ1v) is 9.01. The molecule has 0 bridgehead atoms. The number of anilines is 1. The monoisotopic (exact) mass is 376 g/mol. The molecule has 1 aliphatic carbocycles. The molecule has 1 aliphatic rings. The molecule has 0 amide bonds. The Labute approximate surface area is 155 Å². The van der Waals surface area contributed by atoms with E-state index in [1.807, 2.05) is 43.3 Å². The van der Waals surface area contributed by atoms with Gasteiger partial charge in [-0.2, -0.15) is 9.61 Å². The van der Waals surface area contributed by atoms with Crippen molar-refractivity contribution in [2.75, 3.05) is 5.32 Å². The fourth-order valence-electron chi connectivity index (χ4n) is 3.27. The van der Waals surface area contributed by atoms with E-state index in [-0.39, 0.29) is 18.9 Å². The van der Waals surface area contributed by atoms with Crippen LogP contribution in [0.5, 0.6) is 0 Å². The number of hydrogen-bond acceptors (Lipinski definition) is 3. The number of halogens is 3. The van der Waals surface area contributed by atoms with Gasteiger partial charge in [-0.25, -0.2) is 13.8 Å². The van der Waals surface area contributed by atoms with Crippen molar-refractivity contribution in [1.29, 1.82) is 0 Å². The van der Waals surface area contributed by atoms with E-state index in [4.69, 9.17) is 11.6 Å². The van der Waals surface area contributed by atoms with Crippen LogP contribution in [0.15, 0.2) is 36.4 Å². The summed E-state index contributed by atoms with van der Waals surface area (Å²) < 4.78 is 27.9. The van der Waals surface area contributed by atoms with E-state index >= 15 is 0 Å². The maximum absolute atomic E-state index is 13.1. The van der Waals surface area contributed by atoms with Crippen LogP contribution in [0.2, 0.25) is 5.02 Å². The smallest absolute Gasteiger partial charge is 0.252 e. The maximum atomic E-state index is 13.1. The lowest BCUT2D eigenvalue weighted by Gasteiger charge is -2.35. The first kappa shape index (κ1) is 17.2. The lowest BCUT2D eigenvalue weighted by Crippen LogP contribution is -2.44. The molecule has 1 N–H and O–H groups in total. The van der Waals surface area contributed by atoms with Crippen LogP contribution in [0.25, 0.3) is 5.65 Å². The van der Waals surface area contributed by atoms with Crippen LogP contribution in [0.4, 0.5) is 14.6 Å². The van der Waals surface area contributed by atoms with E-state index < -0.39 is 5.92 Å². The lowest BCUT2D eigenvalue weighted by molar-refractivity contribution is -0.0794. The topological polar surface area (TPSA) is 42.2 Å². The van der Waals surface area contributed by atoms with Crippen LogP contribution in [0, 0.1) is 6.92 Å². The second kappa shape index (κ2) is 6.50. The van der Waals surface area contributed by atoms with Crippen molar-refractivity contribution in [3.05, 3.63) is 58.4 Å². The number of rotatable bonds is 5. The van der Waals surface area contributed by atoms with E-state index in [0.29, 0.717) is 5.82 Å². The molecule has 0 radical (unpaired) electrons. The Morgan fingerprint density at radius 3 is 2.62 bits per heavy atom. The molecule has 0 spiro atoms. The first-order chi connectivity index (χ1) is 12.4. The van der Waals surface area contributed by atoms with Gasteiger partial charge in [-0.3, -0.25) is 0 Å². The summed E-state index contributed by atoms with van der Waals surface area (Å²) in [6, 6.07) is 11.3. The summed E-state index contributed by atoms with van der Waals surface area (Å²) in [5.41, 5.74) is 3.66. The predicted octanol–water partition coefficient (Wildman–Crippen LogP) is 4.69. The Kier molecular flexibility index (Phi) is 4.31. The third-order valence-electron chi connectivity index (χ3n) is 4.63. The van der Waals surface area contributed by atoms with Crippen LogP contribution in [-0.4, -0.2) is 26.6 Å². The van der Waals surface area contributed by atoms with E-state index in [9.17, 15) is 8.78 Å². The SMILES string of the molecule is Cc1cc(NC2CC(F)(F)C2)n2nc(CCc3ccc(Cl)cc3)cc2n1. The number of aryl methyl sites for hydroxylation is 3. The normalized spacial score (nSPS) is 16.6. The molecule has 26 heavy (non-hydrogen) atoms. The van der Waals surface area contributed by atoms with Gasteiger partial charge in [-0.05, 0) is 37.5 Å². The van der Waals surface area contributed by atoms with Gasteiger partial charge in [-0.1, -0.05) is 23.7 Å². The van der Waals surface area contributed by atoms with Crippen molar-refractivity contribution in [2.45, 2.75) is 44.6 Å². The molecule has 1 fully saturated rings. The van der Waals surface area contributed by atoms with E-state index in [2.05, 4.69) is 15.4 Å². The molecule has 136 valence electrons. The van der Waals surface area contributed by atoms with Crippen LogP contribution in [0.1, 0.15) is 29.8 Å². The minimum Gasteiger partial charge on any atom is -0.367 e. The highest BCUT2D eigenvalue weighted by molar-refractivity contribution is 6.30. The minimum absolute atomic E-state index is 0.138. The fourth-order valence-corrected chi connectivity index (χ4v) is 3.39. The highest BCUT2D eigenvalue weighted by atomic mass is 35.5. The summed E-state index contributed by atoms with van der Waals surface area (Å²) in [5.74, 6) is -1.84. The Hall–Kier alpha value is -2.21. The third-order valence-corrected chi connectivity index (χ3v) is 4.88. The standard InChI is InChI=1S/C19H19ClF2N4/c1-12-8-17(24-16-10-19(21,22)11-16)26-18(23-12)9-15(25-26)7-4-13-2-5-14(20)6-3-13/h2-3,5-6,8-9,16,24H,4,7,10-11H2,1H3. The van der Waals surface area contributed by atoms with Gasteiger partial charge in [0.05, 0.1) is 5.69 Å². The maximum Gasteiger partial charge on any atom is 0.252 e. The average molecular weight is 377 g/mol. The van der Waals surface area contributed by atoms with Crippen molar-refractivity contribution in [2.24, 2.45) is 0 Å². The van der Waals surface area contributed by atoms with Gasteiger partial charge >= 0.3 is 0 Å². The van der Waals surface area contributed by atoms with Gasteiger partial charge in [0.15, 0.2) is 5.65 Å². The zero-order chi connectivity index (χ0) is 18.3. The molecular formula is C19H19ClF2N4. The molecular weight excluding hydrogens is 358 g/mol. The number of fused-ring (bicyclic) bond motifs is 1.